The number of carboxylic acid groups (broad SMARTS) is 1. The standard InChI is InChI=1S/C26H37BrO2/c27-25-18-16-24(17-19-25)15-14-23-12-10-22(11-13-23)9-8-21-6-4-20(5-7-21)2-1-3-26(28)29/h1,3,16-23H,2,4-15H2,(H,28,29). The van der Waals surface area contributed by atoms with Crippen LogP contribution in [0.25, 0.3) is 0 Å². The minimum absolute atomic E-state index is 0.711. The molecule has 3 rings (SSSR count). The predicted molar refractivity (Wildman–Crippen MR) is 124 cm³/mol. The van der Waals surface area contributed by atoms with Gasteiger partial charge >= 0.3 is 5.97 Å². The summed E-state index contributed by atoms with van der Waals surface area (Å²) in [5.41, 5.74) is 1.48. The number of halogens is 1. The lowest BCUT2D eigenvalue weighted by atomic mass is 9.74. The smallest absolute Gasteiger partial charge is 0.327 e. The van der Waals surface area contributed by atoms with Crippen molar-refractivity contribution in [1.82, 2.24) is 0 Å². The predicted octanol–water partition coefficient (Wildman–Crippen LogP) is 7.81. The van der Waals surface area contributed by atoms with Crippen LogP contribution in [-0.2, 0) is 11.2 Å². The number of carbonyl (C=O) groups is 1. The van der Waals surface area contributed by atoms with Gasteiger partial charge in [0.25, 0.3) is 0 Å². The van der Waals surface area contributed by atoms with Crippen LogP contribution in [0, 0.1) is 23.7 Å². The first kappa shape index (κ1) is 22.6. The molecule has 0 saturated heterocycles. The summed E-state index contributed by atoms with van der Waals surface area (Å²) < 4.78 is 1.17. The first-order chi connectivity index (χ1) is 14.1. The molecule has 0 atom stereocenters. The first-order valence-corrected chi connectivity index (χ1v) is 12.5. The molecule has 0 spiro atoms. The molecule has 1 aromatic carbocycles. The molecule has 1 N–H and O–H groups in total. The fraction of sp³-hybridized carbons (Fsp3) is 0.654. The Morgan fingerprint density at radius 3 is 1.83 bits per heavy atom. The SMILES string of the molecule is O=C(O)C=CCC1CCC(CCC2CCC(CCc3ccc(Br)cc3)CC2)CC1. The molecule has 3 heteroatoms. The number of aryl methyl sites for hydroxylation is 1. The van der Waals surface area contributed by atoms with Crippen LogP contribution in [0.4, 0.5) is 0 Å². The summed E-state index contributed by atoms with van der Waals surface area (Å²) in [4.78, 5) is 10.6. The second-order valence-corrected chi connectivity index (χ2v) is 10.4. The van der Waals surface area contributed by atoms with Crippen LogP contribution in [0.5, 0.6) is 0 Å². The molecule has 0 aromatic heterocycles. The third-order valence-corrected chi connectivity index (χ3v) is 7.93. The average Bonchev–Trinajstić information content (AvgIpc) is 2.73. The van der Waals surface area contributed by atoms with Crippen molar-refractivity contribution in [3.05, 3.63) is 46.5 Å². The Balaban J connectivity index is 1.26. The summed E-state index contributed by atoms with van der Waals surface area (Å²) in [6.45, 7) is 0. The largest absolute Gasteiger partial charge is 0.478 e. The molecule has 0 amide bonds. The van der Waals surface area contributed by atoms with Crippen LogP contribution in [0.15, 0.2) is 40.9 Å². The molecule has 2 nitrogen and oxygen atoms in total. The molecule has 0 heterocycles. The quantitative estimate of drug-likeness (QED) is 0.381. The van der Waals surface area contributed by atoms with E-state index in [0.29, 0.717) is 5.92 Å². The molecule has 1 aromatic rings. The number of hydrogen-bond donors (Lipinski definition) is 1. The summed E-state index contributed by atoms with van der Waals surface area (Å²) in [7, 11) is 0. The lowest BCUT2D eigenvalue weighted by Crippen LogP contribution is -2.18. The van der Waals surface area contributed by atoms with Crippen molar-refractivity contribution < 1.29 is 9.90 Å². The Morgan fingerprint density at radius 2 is 1.31 bits per heavy atom. The molecule has 160 valence electrons. The van der Waals surface area contributed by atoms with Crippen molar-refractivity contribution in [2.75, 3.05) is 0 Å². The van der Waals surface area contributed by atoms with Crippen molar-refractivity contribution in [3.63, 3.8) is 0 Å². The Morgan fingerprint density at radius 1 is 0.828 bits per heavy atom. The number of benzene rings is 1. The van der Waals surface area contributed by atoms with E-state index in [1.807, 2.05) is 6.08 Å². The molecule has 0 aliphatic heterocycles. The zero-order chi connectivity index (χ0) is 20.5. The van der Waals surface area contributed by atoms with E-state index >= 15 is 0 Å². The van der Waals surface area contributed by atoms with E-state index < -0.39 is 5.97 Å². The highest BCUT2D eigenvalue weighted by atomic mass is 79.9. The van der Waals surface area contributed by atoms with E-state index in [9.17, 15) is 4.79 Å². The van der Waals surface area contributed by atoms with Crippen LogP contribution in [0.1, 0.15) is 82.6 Å². The normalized spacial score (nSPS) is 27.9. The summed E-state index contributed by atoms with van der Waals surface area (Å²) in [5.74, 6) is 2.72. The van der Waals surface area contributed by atoms with Gasteiger partial charge in [0, 0.05) is 10.5 Å². The number of hydrogen-bond acceptors (Lipinski definition) is 1. The van der Waals surface area contributed by atoms with Gasteiger partial charge in [0.2, 0.25) is 0 Å². The lowest BCUT2D eigenvalue weighted by Gasteiger charge is -2.32. The van der Waals surface area contributed by atoms with E-state index in [4.69, 9.17) is 5.11 Å². The van der Waals surface area contributed by atoms with Gasteiger partial charge in [0.1, 0.15) is 0 Å². The van der Waals surface area contributed by atoms with E-state index in [1.165, 1.54) is 93.2 Å². The number of allylic oxidation sites excluding steroid dienone is 1. The fourth-order valence-corrected chi connectivity index (χ4v) is 5.68. The van der Waals surface area contributed by atoms with Gasteiger partial charge in [-0.2, -0.15) is 0 Å². The van der Waals surface area contributed by atoms with Gasteiger partial charge in [-0.05, 0) is 73.5 Å². The summed E-state index contributed by atoms with van der Waals surface area (Å²) >= 11 is 3.52. The Bertz CT molecular complexity index is 635. The molecule has 2 fully saturated rings. The lowest BCUT2D eigenvalue weighted by molar-refractivity contribution is -0.131. The molecule has 29 heavy (non-hydrogen) atoms. The Labute approximate surface area is 185 Å². The Kier molecular flexibility index (Phi) is 9.30. The maximum absolute atomic E-state index is 10.6. The molecule has 0 bridgehead atoms. The monoisotopic (exact) mass is 460 g/mol. The highest BCUT2D eigenvalue weighted by Gasteiger charge is 2.24. The molecule has 2 aliphatic carbocycles. The zero-order valence-electron chi connectivity index (χ0n) is 17.7. The van der Waals surface area contributed by atoms with E-state index in [1.54, 1.807) is 0 Å². The van der Waals surface area contributed by atoms with Crippen LogP contribution in [0.3, 0.4) is 0 Å². The van der Waals surface area contributed by atoms with Crippen LogP contribution in [0.2, 0.25) is 0 Å². The Hall–Kier alpha value is -1.09. The van der Waals surface area contributed by atoms with E-state index in [-0.39, 0.29) is 0 Å². The number of aliphatic carboxylic acids is 1. The van der Waals surface area contributed by atoms with Crippen LogP contribution in [-0.4, -0.2) is 11.1 Å². The van der Waals surface area contributed by atoms with Gasteiger partial charge < -0.3 is 5.11 Å². The minimum Gasteiger partial charge on any atom is -0.478 e. The summed E-state index contributed by atoms with van der Waals surface area (Å²) in [5, 5.41) is 8.70. The average molecular weight is 461 g/mol. The second-order valence-electron chi connectivity index (χ2n) is 9.49. The van der Waals surface area contributed by atoms with Crippen molar-refractivity contribution in [1.29, 1.82) is 0 Å². The van der Waals surface area contributed by atoms with Gasteiger partial charge in [-0.25, -0.2) is 4.79 Å². The number of rotatable bonds is 9. The molecule has 2 saturated carbocycles. The highest BCUT2D eigenvalue weighted by molar-refractivity contribution is 9.10. The van der Waals surface area contributed by atoms with Crippen molar-refractivity contribution in [3.8, 4) is 0 Å². The topological polar surface area (TPSA) is 37.3 Å². The van der Waals surface area contributed by atoms with Crippen molar-refractivity contribution in [2.24, 2.45) is 23.7 Å². The maximum atomic E-state index is 10.6. The van der Waals surface area contributed by atoms with Crippen molar-refractivity contribution in [2.45, 2.75) is 83.5 Å². The van der Waals surface area contributed by atoms with E-state index in [0.717, 1.165) is 24.2 Å². The number of carboxylic acids is 1. The van der Waals surface area contributed by atoms with Crippen LogP contribution >= 0.6 is 15.9 Å². The third kappa shape index (κ3) is 8.28. The second kappa shape index (κ2) is 11.9. The molecule has 0 radical (unpaired) electrons. The fourth-order valence-electron chi connectivity index (χ4n) is 5.42. The van der Waals surface area contributed by atoms with Gasteiger partial charge in [-0.15, -0.1) is 0 Å². The zero-order valence-corrected chi connectivity index (χ0v) is 19.3. The molecular weight excluding hydrogens is 424 g/mol. The van der Waals surface area contributed by atoms with Gasteiger partial charge in [-0.3, -0.25) is 0 Å². The first-order valence-electron chi connectivity index (χ1n) is 11.7. The van der Waals surface area contributed by atoms with Gasteiger partial charge in [-0.1, -0.05) is 85.5 Å². The van der Waals surface area contributed by atoms with Crippen molar-refractivity contribution >= 4 is 21.9 Å². The van der Waals surface area contributed by atoms with Gasteiger partial charge in [0.15, 0.2) is 0 Å². The molecule has 2 aliphatic rings. The third-order valence-electron chi connectivity index (χ3n) is 7.40. The highest BCUT2D eigenvalue weighted by Crippen LogP contribution is 2.38. The van der Waals surface area contributed by atoms with Crippen LogP contribution < -0.4 is 0 Å². The minimum atomic E-state index is -0.818. The molecular formula is C26H37BrO2. The van der Waals surface area contributed by atoms with E-state index in [2.05, 4.69) is 40.2 Å². The maximum Gasteiger partial charge on any atom is 0.327 e. The summed E-state index contributed by atoms with van der Waals surface area (Å²) in [6, 6.07) is 8.83. The molecule has 0 unspecified atom stereocenters. The summed E-state index contributed by atoms with van der Waals surface area (Å²) in [6.07, 6.45) is 20.6. The van der Waals surface area contributed by atoms with Gasteiger partial charge in [0.05, 0.1) is 0 Å².